The van der Waals surface area contributed by atoms with Crippen LogP contribution in [0, 0.1) is 17.8 Å². The Morgan fingerprint density at radius 3 is 2.38 bits per heavy atom. The Morgan fingerprint density at radius 2 is 2.25 bits per heavy atom. The van der Waals surface area contributed by atoms with E-state index in [9.17, 15) is 0 Å². The van der Waals surface area contributed by atoms with Gasteiger partial charge in [-0.3, -0.25) is 0 Å². The van der Waals surface area contributed by atoms with Crippen molar-refractivity contribution in [1.29, 1.82) is 0 Å². The summed E-state index contributed by atoms with van der Waals surface area (Å²) >= 11 is 0. The molecular formula is C8H14. The van der Waals surface area contributed by atoms with Crippen molar-refractivity contribution >= 4 is 0 Å². The van der Waals surface area contributed by atoms with Crippen molar-refractivity contribution in [3.05, 3.63) is 0 Å². The Kier molecular flexibility index (Phi) is 0.902. The van der Waals surface area contributed by atoms with Gasteiger partial charge in [0.2, 0.25) is 0 Å². The first kappa shape index (κ1) is 4.84. The van der Waals surface area contributed by atoms with Crippen molar-refractivity contribution in [2.24, 2.45) is 17.8 Å². The molecule has 0 amide bonds. The molecular weight excluding hydrogens is 96.1 g/mol. The summed E-state index contributed by atoms with van der Waals surface area (Å²) in [5, 5.41) is 0. The maximum absolute atomic E-state index is 2.33. The SMILES string of the molecule is CCC1CC2CCC12. The standard InChI is InChI=1S/C8H14/c1-2-6-5-7-3-4-8(6)7/h6-8H,2-5H2,1H3. The Labute approximate surface area is 51.3 Å². The van der Waals surface area contributed by atoms with Gasteiger partial charge in [-0.25, -0.2) is 0 Å². The van der Waals surface area contributed by atoms with Crippen LogP contribution in [0.25, 0.3) is 0 Å². The second kappa shape index (κ2) is 1.49. The molecule has 0 nitrogen and oxygen atoms in total. The van der Waals surface area contributed by atoms with E-state index >= 15 is 0 Å². The van der Waals surface area contributed by atoms with Crippen LogP contribution in [0.3, 0.4) is 0 Å². The number of rotatable bonds is 1. The quantitative estimate of drug-likeness (QED) is 0.486. The summed E-state index contributed by atoms with van der Waals surface area (Å²) in [5.41, 5.74) is 0. The largest absolute Gasteiger partial charge is 0.0651 e. The third-order valence-electron chi connectivity index (χ3n) is 3.21. The molecule has 0 aromatic rings. The molecule has 8 heavy (non-hydrogen) atoms. The van der Waals surface area contributed by atoms with Crippen molar-refractivity contribution in [3.8, 4) is 0 Å². The van der Waals surface area contributed by atoms with Crippen molar-refractivity contribution in [1.82, 2.24) is 0 Å². The van der Waals surface area contributed by atoms with Crippen LogP contribution in [-0.2, 0) is 0 Å². The lowest BCUT2D eigenvalue weighted by molar-refractivity contribution is -0.0267. The minimum atomic E-state index is 1.15. The van der Waals surface area contributed by atoms with E-state index in [-0.39, 0.29) is 0 Å². The molecule has 0 N–H and O–H groups in total. The van der Waals surface area contributed by atoms with E-state index in [1.807, 2.05) is 0 Å². The smallest absolute Gasteiger partial charge is 0.0357 e. The van der Waals surface area contributed by atoms with Gasteiger partial charge in [0, 0.05) is 0 Å². The topological polar surface area (TPSA) is 0 Å². The molecule has 2 aliphatic carbocycles. The van der Waals surface area contributed by atoms with Gasteiger partial charge in [-0.2, -0.15) is 0 Å². The molecule has 3 atom stereocenters. The van der Waals surface area contributed by atoms with Crippen LogP contribution in [0.4, 0.5) is 0 Å². The third-order valence-corrected chi connectivity index (χ3v) is 3.21. The minimum Gasteiger partial charge on any atom is -0.0651 e. The average Bonchev–Trinajstić information content (AvgIpc) is 1.76. The summed E-state index contributed by atoms with van der Waals surface area (Å²) in [5.74, 6) is 3.54. The Bertz CT molecular complexity index is 94.2. The van der Waals surface area contributed by atoms with Crippen LogP contribution in [0.2, 0.25) is 0 Å². The van der Waals surface area contributed by atoms with Crippen LogP contribution in [0.5, 0.6) is 0 Å². The second-order valence-corrected chi connectivity index (χ2v) is 3.41. The maximum Gasteiger partial charge on any atom is -0.0357 e. The van der Waals surface area contributed by atoms with Gasteiger partial charge in [0.25, 0.3) is 0 Å². The Hall–Kier alpha value is 0. The van der Waals surface area contributed by atoms with E-state index in [4.69, 9.17) is 0 Å². The fourth-order valence-electron chi connectivity index (χ4n) is 2.35. The molecule has 2 fully saturated rings. The second-order valence-electron chi connectivity index (χ2n) is 3.41. The average molecular weight is 110 g/mol. The van der Waals surface area contributed by atoms with Crippen LogP contribution < -0.4 is 0 Å². The van der Waals surface area contributed by atoms with Gasteiger partial charge in [0.15, 0.2) is 0 Å². The summed E-state index contributed by atoms with van der Waals surface area (Å²) in [6.07, 6.45) is 6.13. The summed E-state index contributed by atoms with van der Waals surface area (Å²) < 4.78 is 0. The fourth-order valence-corrected chi connectivity index (χ4v) is 2.35. The summed E-state index contributed by atoms with van der Waals surface area (Å²) in [4.78, 5) is 0. The molecule has 3 unspecified atom stereocenters. The predicted molar refractivity (Wildman–Crippen MR) is 34.6 cm³/mol. The monoisotopic (exact) mass is 110 g/mol. The lowest BCUT2D eigenvalue weighted by atomic mass is 9.53. The zero-order valence-electron chi connectivity index (χ0n) is 5.56. The molecule has 0 spiro atoms. The lowest BCUT2D eigenvalue weighted by Crippen LogP contribution is -2.43. The maximum atomic E-state index is 2.33. The summed E-state index contributed by atoms with van der Waals surface area (Å²) in [6.45, 7) is 2.33. The number of hydrogen-bond donors (Lipinski definition) is 0. The molecule has 0 aromatic heterocycles. The van der Waals surface area contributed by atoms with E-state index in [2.05, 4.69) is 6.92 Å². The first-order valence-electron chi connectivity index (χ1n) is 3.92. The molecule has 0 heterocycles. The van der Waals surface area contributed by atoms with Crippen molar-refractivity contribution in [2.45, 2.75) is 32.6 Å². The Balaban J connectivity index is 1.89. The van der Waals surface area contributed by atoms with E-state index in [1.54, 1.807) is 19.3 Å². The highest BCUT2D eigenvalue weighted by Gasteiger charge is 2.45. The van der Waals surface area contributed by atoms with Crippen LogP contribution >= 0.6 is 0 Å². The van der Waals surface area contributed by atoms with Crippen molar-refractivity contribution in [3.63, 3.8) is 0 Å². The van der Waals surface area contributed by atoms with Gasteiger partial charge in [-0.15, -0.1) is 0 Å². The molecule has 0 heteroatoms. The van der Waals surface area contributed by atoms with Crippen LogP contribution in [0.15, 0.2) is 0 Å². The van der Waals surface area contributed by atoms with Crippen LogP contribution in [-0.4, -0.2) is 0 Å². The van der Waals surface area contributed by atoms with Gasteiger partial charge in [0.05, 0.1) is 0 Å². The molecule has 2 saturated carbocycles. The third kappa shape index (κ3) is 0.416. The molecule has 0 aliphatic heterocycles. The molecule has 0 radical (unpaired) electrons. The molecule has 46 valence electrons. The lowest BCUT2D eigenvalue weighted by Gasteiger charge is -2.53. The molecule has 0 bridgehead atoms. The van der Waals surface area contributed by atoms with Gasteiger partial charge in [-0.05, 0) is 37.0 Å². The highest BCUT2D eigenvalue weighted by Crippen LogP contribution is 2.55. The molecule has 2 aliphatic rings. The van der Waals surface area contributed by atoms with Gasteiger partial charge in [0.1, 0.15) is 0 Å². The van der Waals surface area contributed by atoms with Gasteiger partial charge < -0.3 is 0 Å². The fraction of sp³-hybridized carbons (Fsp3) is 1.00. The van der Waals surface area contributed by atoms with E-state index in [0.717, 1.165) is 5.92 Å². The minimum absolute atomic E-state index is 1.15. The van der Waals surface area contributed by atoms with E-state index in [1.165, 1.54) is 18.3 Å². The van der Waals surface area contributed by atoms with Crippen molar-refractivity contribution < 1.29 is 0 Å². The molecule has 2 rings (SSSR count). The Morgan fingerprint density at radius 1 is 1.38 bits per heavy atom. The molecule has 0 aromatic carbocycles. The van der Waals surface area contributed by atoms with Gasteiger partial charge in [-0.1, -0.05) is 13.3 Å². The summed E-state index contributed by atoms with van der Waals surface area (Å²) in [6, 6.07) is 0. The van der Waals surface area contributed by atoms with E-state index < -0.39 is 0 Å². The number of fused-ring (bicyclic) bond motifs is 1. The highest BCUT2D eigenvalue weighted by molar-refractivity contribution is 4.95. The first-order valence-corrected chi connectivity index (χ1v) is 3.92. The van der Waals surface area contributed by atoms with Crippen LogP contribution in [0.1, 0.15) is 32.6 Å². The van der Waals surface area contributed by atoms with E-state index in [0.29, 0.717) is 0 Å². The van der Waals surface area contributed by atoms with Gasteiger partial charge >= 0.3 is 0 Å². The molecule has 0 saturated heterocycles. The zero-order chi connectivity index (χ0) is 5.56. The number of hydrogen-bond acceptors (Lipinski definition) is 0. The highest BCUT2D eigenvalue weighted by atomic mass is 14.5. The summed E-state index contributed by atoms with van der Waals surface area (Å²) in [7, 11) is 0. The normalized spacial score (nSPS) is 51.4. The first-order chi connectivity index (χ1) is 3.92. The zero-order valence-corrected chi connectivity index (χ0v) is 5.56. The predicted octanol–water partition coefficient (Wildman–Crippen LogP) is 2.44. The van der Waals surface area contributed by atoms with Crippen molar-refractivity contribution in [2.75, 3.05) is 0 Å².